The van der Waals surface area contributed by atoms with E-state index in [-0.39, 0.29) is 19.4 Å². The highest BCUT2D eigenvalue weighted by atomic mass is 16.6. The van der Waals surface area contributed by atoms with Crippen LogP contribution in [0.4, 0.5) is 0 Å². The Morgan fingerprint density at radius 2 is 1.31 bits per heavy atom. The summed E-state index contributed by atoms with van der Waals surface area (Å²) in [6.45, 7) is 4.62. The highest BCUT2D eigenvalue weighted by Gasteiger charge is 2.59. The Kier molecular flexibility index (Phi) is 7.81. The van der Waals surface area contributed by atoms with Gasteiger partial charge in [-0.2, -0.15) is 0 Å². The Labute approximate surface area is 184 Å². The van der Waals surface area contributed by atoms with Crippen molar-refractivity contribution in [1.29, 1.82) is 0 Å². The molecule has 2 amide bonds. The normalized spacial score (nSPS) is 29.6. The van der Waals surface area contributed by atoms with E-state index in [9.17, 15) is 28.8 Å². The van der Waals surface area contributed by atoms with Crippen LogP contribution in [0.3, 0.4) is 0 Å². The zero-order chi connectivity index (χ0) is 24.2. The van der Waals surface area contributed by atoms with Gasteiger partial charge in [0.15, 0.2) is 11.7 Å². The lowest BCUT2D eigenvalue weighted by Crippen LogP contribution is -2.64. The van der Waals surface area contributed by atoms with Crippen LogP contribution in [0, 0.1) is 0 Å². The van der Waals surface area contributed by atoms with Gasteiger partial charge in [-0.1, -0.05) is 0 Å². The van der Waals surface area contributed by atoms with Crippen molar-refractivity contribution in [3.8, 4) is 0 Å². The summed E-state index contributed by atoms with van der Waals surface area (Å²) in [5.41, 5.74) is 3.48. The average Bonchev–Trinajstić information content (AvgIpc) is 3.12. The Bertz CT molecular complexity index is 784. The van der Waals surface area contributed by atoms with E-state index in [1.807, 2.05) is 0 Å². The van der Waals surface area contributed by atoms with Crippen LogP contribution in [0.15, 0.2) is 0 Å². The second-order valence-corrected chi connectivity index (χ2v) is 7.92. The predicted octanol–water partition coefficient (Wildman–Crippen LogP) is -0.646. The molecule has 0 aromatic heterocycles. The van der Waals surface area contributed by atoms with Gasteiger partial charge in [-0.25, -0.2) is 0 Å². The molecule has 178 valence electrons. The molecule has 2 rings (SSSR count). The summed E-state index contributed by atoms with van der Waals surface area (Å²) in [7, 11) is 0. The van der Waals surface area contributed by atoms with Crippen LogP contribution in [0.2, 0.25) is 0 Å². The number of nitrogens with two attached hydrogens (primary N) is 1. The largest absolute Gasteiger partial charge is 0.458 e. The molecule has 0 spiro atoms. The van der Waals surface area contributed by atoms with Gasteiger partial charge in [0.2, 0.25) is 5.91 Å². The standard InChI is InChI=1S/C20H28N2O10/c1-10(23)29-15-8-20(32-13(4)26,19(28)22-7-5-6-14(22)18(21)27)9-16(30-11(2)24)17(15)31-12(3)25/h14-17H,5-9H2,1-4H3,(H2,21,27). The Balaban J connectivity index is 2.54. The van der Waals surface area contributed by atoms with E-state index < -0.39 is 65.6 Å². The Morgan fingerprint density at radius 1 is 0.812 bits per heavy atom. The van der Waals surface area contributed by atoms with Crippen LogP contribution >= 0.6 is 0 Å². The average molecular weight is 456 g/mol. The van der Waals surface area contributed by atoms with Crippen molar-refractivity contribution < 1.29 is 47.7 Å². The number of amides is 2. The number of ether oxygens (including phenoxy) is 4. The van der Waals surface area contributed by atoms with E-state index in [1.54, 1.807) is 0 Å². The highest BCUT2D eigenvalue weighted by Crippen LogP contribution is 2.40. The van der Waals surface area contributed by atoms with E-state index in [2.05, 4.69) is 0 Å². The van der Waals surface area contributed by atoms with E-state index in [1.165, 1.54) is 4.90 Å². The van der Waals surface area contributed by atoms with Gasteiger partial charge >= 0.3 is 23.9 Å². The van der Waals surface area contributed by atoms with E-state index >= 15 is 0 Å². The number of nitrogens with zero attached hydrogens (tertiary/aromatic N) is 1. The minimum atomic E-state index is -1.94. The summed E-state index contributed by atoms with van der Waals surface area (Å²) in [6, 6.07) is -0.902. The maximum atomic E-state index is 13.6. The first kappa shape index (κ1) is 25.1. The molecule has 1 heterocycles. The molecule has 3 unspecified atom stereocenters. The molecule has 2 aliphatic rings. The quantitative estimate of drug-likeness (QED) is 0.400. The molecule has 12 nitrogen and oxygen atoms in total. The molecular weight excluding hydrogens is 428 g/mol. The van der Waals surface area contributed by atoms with Crippen LogP contribution in [-0.2, 0) is 47.7 Å². The predicted molar refractivity (Wildman–Crippen MR) is 104 cm³/mol. The van der Waals surface area contributed by atoms with E-state index in [0.29, 0.717) is 12.8 Å². The maximum Gasteiger partial charge on any atom is 0.303 e. The summed E-state index contributed by atoms with van der Waals surface area (Å²) in [6.07, 6.45) is -3.67. The third-order valence-electron chi connectivity index (χ3n) is 5.30. The molecule has 2 N–H and O–H groups in total. The third-order valence-corrected chi connectivity index (χ3v) is 5.30. The molecule has 1 aliphatic carbocycles. The van der Waals surface area contributed by atoms with Gasteiger partial charge in [0, 0.05) is 47.1 Å². The van der Waals surface area contributed by atoms with Gasteiger partial charge in [0.05, 0.1) is 0 Å². The zero-order valence-corrected chi connectivity index (χ0v) is 18.5. The van der Waals surface area contributed by atoms with Gasteiger partial charge in [0.25, 0.3) is 5.91 Å². The van der Waals surface area contributed by atoms with Crippen LogP contribution in [-0.4, -0.2) is 77.1 Å². The molecule has 1 saturated carbocycles. The fraction of sp³-hybridized carbons (Fsp3) is 0.700. The molecular formula is C20H28N2O10. The second-order valence-electron chi connectivity index (χ2n) is 7.92. The number of rotatable bonds is 6. The Morgan fingerprint density at radius 3 is 1.72 bits per heavy atom. The molecule has 3 atom stereocenters. The van der Waals surface area contributed by atoms with Crippen molar-refractivity contribution in [2.45, 2.75) is 83.3 Å². The van der Waals surface area contributed by atoms with Crippen LogP contribution in [0.25, 0.3) is 0 Å². The van der Waals surface area contributed by atoms with Crippen LogP contribution < -0.4 is 5.73 Å². The number of likely N-dealkylation sites (tertiary alicyclic amines) is 1. The topological polar surface area (TPSA) is 169 Å². The number of carbonyl (C=O) groups excluding carboxylic acids is 6. The van der Waals surface area contributed by atoms with Crippen molar-refractivity contribution >= 4 is 35.7 Å². The minimum Gasteiger partial charge on any atom is -0.458 e. The molecule has 0 aromatic carbocycles. The SMILES string of the molecule is CC(=O)OC1CC(OC(C)=O)(C(=O)N2CCCC2C(N)=O)CC(OC(C)=O)C1OC(C)=O. The van der Waals surface area contributed by atoms with Gasteiger partial charge < -0.3 is 29.6 Å². The van der Waals surface area contributed by atoms with Crippen molar-refractivity contribution in [2.24, 2.45) is 5.73 Å². The number of hydrogen-bond donors (Lipinski definition) is 1. The number of primary amides is 1. The first-order valence-corrected chi connectivity index (χ1v) is 10.2. The third kappa shape index (κ3) is 5.74. The number of esters is 4. The summed E-state index contributed by atoms with van der Waals surface area (Å²) < 4.78 is 21.3. The molecule has 12 heteroatoms. The molecule has 1 saturated heterocycles. The molecule has 0 radical (unpaired) electrons. The summed E-state index contributed by atoms with van der Waals surface area (Å²) in [5.74, 6) is -4.50. The number of carbonyl (C=O) groups is 6. The molecule has 0 bridgehead atoms. The zero-order valence-electron chi connectivity index (χ0n) is 18.5. The van der Waals surface area contributed by atoms with Crippen LogP contribution in [0.1, 0.15) is 53.4 Å². The molecule has 2 fully saturated rings. The highest BCUT2D eigenvalue weighted by molar-refractivity contribution is 5.93. The smallest absolute Gasteiger partial charge is 0.303 e. The summed E-state index contributed by atoms with van der Waals surface area (Å²) >= 11 is 0. The van der Waals surface area contributed by atoms with Gasteiger partial charge in [0.1, 0.15) is 18.2 Å². The maximum absolute atomic E-state index is 13.6. The fourth-order valence-corrected chi connectivity index (χ4v) is 4.34. The molecule has 32 heavy (non-hydrogen) atoms. The van der Waals surface area contributed by atoms with Gasteiger partial charge in [-0.15, -0.1) is 0 Å². The summed E-state index contributed by atoms with van der Waals surface area (Å²) in [4.78, 5) is 73.8. The first-order chi connectivity index (χ1) is 14.9. The van der Waals surface area contributed by atoms with Gasteiger partial charge in [-0.3, -0.25) is 28.8 Å². The first-order valence-electron chi connectivity index (χ1n) is 10.2. The fourth-order valence-electron chi connectivity index (χ4n) is 4.34. The van der Waals surface area contributed by atoms with Crippen LogP contribution in [0.5, 0.6) is 0 Å². The van der Waals surface area contributed by atoms with Gasteiger partial charge in [-0.05, 0) is 12.8 Å². The van der Waals surface area contributed by atoms with Crippen molar-refractivity contribution in [1.82, 2.24) is 4.90 Å². The van der Waals surface area contributed by atoms with E-state index in [4.69, 9.17) is 24.7 Å². The van der Waals surface area contributed by atoms with Crippen molar-refractivity contribution in [3.63, 3.8) is 0 Å². The monoisotopic (exact) mass is 456 g/mol. The molecule has 1 aliphatic heterocycles. The lowest BCUT2D eigenvalue weighted by atomic mass is 9.77. The Hall–Kier alpha value is -3.18. The number of hydrogen-bond acceptors (Lipinski definition) is 10. The second kappa shape index (κ2) is 9.96. The van der Waals surface area contributed by atoms with Crippen molar-refractivity contribution in [2.75, 3.05) is 6.54 Å². The lowest BCUT2D eigenvalue weighted by Gasteiger charge is -2.46. The molecule has 0 aromatic rings. The lowest BCUT2D eigenvalue weighted by molar-refractivity contribution is -0.218. The van der Waals surface area contributed by atoms with Crippen molar-refractivity contribution in [3.05, 3.63) is 0 Å². The summed E-state index contributed by atoms with van der Waals surface area (Å²) in [5, 5.41) is 0. The minimum absolute atomic E-state index is 0.194. The van der Waals surface area contributed by atoms with E-state index in [0.717, 1.165) is 27.7 Å².